The lowest BCUT2D eigenvalue weighted by molar-refractivity contribution is -0.161. The molecule has 0 saturated carbocycles. The van der Waals surface area contributed by atoms with Crippen LogP contribution < -0.4 is 0 Å². The van der Waals surface area contributed by atoms with Gasteiger partial charge in [-0.1, -0.05) is 292 Å². The summed E-state index contributed by atoms with van der Waals surface area (Å²) in [5, 5.41) is 10.6. The first kappa shape index (κ1) is 86.1. The first-order chi connectivity index (χ1) is 42.3. The Labute approximate surface area is 537 Å². The fourth-order valence-electron chi connectivity index (χ4n) is 10.3. The summed E-state index contributed by atoms with van der Waals surface area (Å²) in [5.74, 6) is 0.113. The van der Waals surface area contributed by atoms with Crippen molar-refractivity contribution in [3.05, 3.63) is 0 Å². The number of phosphoric acid groups is 2. The zero-order valence-electron chi connectivity index (χ0n) is 57.2. The maximum atomic E-state index is 13.0. The minimum atomic E-state index is -4.95. The molecule has 17 nitrogen and oxygen atoms in total. The Kier molecular flexibility index (Phi) is 58.7. The number of hydrogen-bond donors (Lipinski definition) is 3. The van der Waals surface area contributed by atoms with Gasteiger partial charge in [0.2, 0.25) is 0 Å². The Morgan fingerprint density at radius 3 is 0.864 bits per heavy atom. The number of ether oxygens (including phenoxy) is 4. The van der Waals surface area contributed by atoms with Gasteiger partial charge in [0.25, 0.3) is 0 Å². The highest BCUT2D eigenvalue weighted by Gasteiger charge is 2.30. The van der Waals surface area contributed by atoms with E-state index in [1.807, 2.05) is 0 Å². The average Bonchev–Trinajstić information content (AvgIpc) is 3.63. The molecule has 88 heavy (non-hydrogen) atoms. The molecule has 0 heterocycles. The van der Waals surface area contributed by atoms with Crippen LogP contribution in [0.2, 0.25) is 0 Å². The summed E-state index contributed by atoms with van der Waals surface area (Å²) in [7, 11) is -9.90. The monoisotopic (exact) mass is 1300 g/mol. The molecule has 0 saturated heterocycles. The van der Waals surface area contributed by atoms with Crippen molar-refractivity contribution < 1.29 is 80.2 Å². The molecule has 0 aromatic carbocycles. The van der Waals surface area contributed by atoms with E-state index in [0.717, 1.165) is 108 Å². The standard InChI is InChI=1S/C69H134O17P2/c1-8-11-12-13-14-15-20-24-27-36-43-50-66(71)79-56-64(85-68(73)52-45-38-28-25-22-19-17-16-18-21-23-26-34-41-48-61(6)9-2)58-83-87(75,76)81-54-63(70)55-82-88(77,78)84-59-65(57-80-67(72)51-44-37-31-29-33-40-47-60(4)5)86-69(74)53-46-39-32-30-35-42-49-62(7)10-3/h60-65,70H,8-59H2,1-7H3,(H,75,76)(H,77,78)/t61?,62?,63-,64-,65-/m1/s1. The molecular formula is C69H134O17P2. The second-order valence-corrected chi connectivity index (χ2v) is 28.8. The molecule has 19 heteroatoms. The van der Waals surface area contributed by atoms with E-state index in [1.54, 1.807) is 0 Å². The highest BCUT2D eigenvalue weighted by Crippen LogP contribution is 2.45. The van der Waals surface area contributed by atoms with Crippen molar-refractivity contribution in [3.8, 4) is 0 Å². The third-order valence-corrected chi connectivity index (χ3v) is 18.5. The van der Waals surface area contributed by atoms with Gasteiger partial charge >= 0.3 is 39.5 Å². The summed E-state index contributed by atoms with van der Waals surface area (Å²) in [6, 6.07) is 0. The van der Waals surface area contributed by atoms with Gasteiger partial charge in [0, 0.05) is 25.7 Å². The highest BCUT2D eigenvalue weighted by molar-refractivity contribution is 7.47. The maximum absolute atomic E-state index is 13.0. The SMILES string of the molecule is CCCCCCCCCCCCCC(=O)OC[C@H](COP(=O)(O)OC[C@@H](O)COP(=O)(O)OC[C@@H](COC(=O)CCCCCCCCC(C)C)OC(=O)CCCCCCCCC(C)CC)OC(=O)CCCCCCCCCCCCCCCCC(C)CC. The number of phosphoric ester groups is 2. The first-order valence-electron chi connectivity index (χ1n) is 35.9. The van der Waals surface area contributed by atoms with E-state index >= 15 is 0 Å². The van der Waals surface area contributed by atoms with E-state index in [1.165, 1.54) is 148 Å². The molecular weight excluding hydrogens is 1160 g/mol. The zero-order chi connectivity index (χ0) is 65.2. The molecule has 0 fully saturated rings. The number of aliphatic hydroxyl groups is 1. The number of aliphatic hydroxyl groups excluding tert-OH is 1. The average molecular weight is 1300 g/mol. The van der Waals surface area contributed by atoms with Gasteiger partial charge in [-0.15, -0.1) is 0 Å². The summed E-state index contributed by atoms with van der Waals surface area (Å²) in [4.78, 5) is 72.4. The van der Waals surface area contributed by atoms with Crippen molar-refractivity contribution in [1.29, 1.82) is 0 Å². The van der Waals surface area contributed by atoms with Gasteiger partial charge in [-0.25, -0.2) is 9.13 Å². The van der Waals surface area contributed by atoms with Gasteiger partial charge in [-0.2, -0.15) is 0 Å². The van der Waals surface area contributed by atoms with E-state index in [0.29, 0.717) is 31.6 Å². The lowest BCUT2D eigenvalue weighted by atomic mass is 9.99. The van der Waals surface area contributed by atoms with Crippen LogP contribution in [0.15, 0.2) is 0 Å². The highest BCUT2D eigenvalue weighted by atomic mass is 31.2. The number of carbonyl (C=O) groups excluding carboxylic acids is 4. The van der Waals surface area contributed by atoms with E-state index in [-0.39, 0.29) is 25.7 Å². The van der Waals surface area contributed by atoms with Crippen LogP contribution in [-0.2, 0) is 65.4 Å². The van der Waals surface area contributed by atoms with Crippen LogP contribution in [0.3, 0.4) is 0 Å². The number of hydrogen-bond acceptors (Lipinski definition) is 15. The van der Waals surface area contributed by atoms with Crippen molar-refractivity contribution in [2.45, 2.75) is 362 Å². The van der Waals surface area contributed by atoms with Crippen LogP contribution in [0.4, 0.5) is 0 Å². The first-order valence-corrected chi connectivity index (χ1v) is 38.9. The summed E-state index contributed by atoms with van der Waals surface area (Å²) in [6.45, 7) is 11.8. The smallest absolute Gasteiger partial charge is 0.462 e. The summed E-state index contributed by atoms with van der Waals surface area (Å²) in [5.41, 5.74) is 0. The van der Waals surface area contributed by atoms with Gasteiger partial charge in [0.1, 0.15) is 19.3 Å². The molecule has 0 aliphatic heterocycles. The normalized spacial score (nSPS) is 14.9. The fraction of sp³-hybridized carbons (Fsp3) is 0.942. The van der Waals surface area contributed by atoms with Crippen LogP contribution in [0, 0.1) is 17.8 Å². The lowest BCUT2D eigenvalue weighted by Crippen LogP contribution is -2.30. The van der Waals surface area contributed by atoms with E-state index in [2.05, 4.69) is 48.5 Å². The molecule has 0 aliphatic carbocycles. The maximum Gasteiger partial charge on any atom is 0.472 e. The quantitative estimate of drug-likeness (QED) is 0.0222. The third kappa shape index (κ3) is 60.3. The zero-order valence-corrected chi connectivity index (χ0v) is 59.0. The number of carbonyl (C=O) groups is 4. The lowest BCUT2D eigenvalue weighted by Gasteiger charge is -2.21. The second kappa shape index (κ2) is 60.0. The third-order valence-electron chi connectivity index (χ3n) is 16.6. The number of unbranched alkanes of at least 4 members (excludes halogenated alkanes) is 33. The van der Waals surface area contributed by atoms with Crippen LogP contribution in [0.1, 0.15) is 344 Å². The van der Waals surface area contributed by atoms with Crippen molar-refractivity contribution in [2.24, 2.45) is 17.8 Å². The predicted molar refractivity (Wildman–Crippen MR) is 354 cm³/mol. The minimum absolute atomic E-state index is 0.102. The Balaban J connectivity index is 5.21. The molecule has 0 amide bonds. The van der Waals surface area contributed by atoms with Crippen LogP contribution in [0.25, 0.3) is 0 Å². The molecule has 3 N–H and O–H groups in total. The largest absolute Gasteiger partial charge is 0.472 e. The van der Waals surface area contributed by atoms with Crippen molar-refractivity contribution in [1.82, 2.24) is 0 Å². The van der Waals surface area contributed by atoms with Gasteiger partial charge in [0.15, 0.2) is 12.2 Å². The van der Waals surface area contributed by atoms with Crippen LogP contribution in [-0.4, -0.2) is 96.7 Å². The second-order valence-electron chi connectivity index (χ2n) is 25.9. The van der Waals surface area contributed by atoms with E-state index in [9.17, 15) is 43.2 Å². The Morgan fingerprint density at radius 1 is 0.330 bits per heavy atom. The fourth-order valence-corrected chi connectivity index (χ4v) is 11.9. The predicted octanol–water partition coefficient (Wildman–Crippen LogP) is 19.5. The van der Waals surface area contributed by atoms with Crippen LogP contribution >= 0.6 is 15.6 Å². The molecule has 0 bridgehead atoms. The summed E-state index contributed by atoms with van der Waals surface area (Å²) < 4.78 is 68.2. The molecule has 522 valence electrons. The molecule has 7 atom stereocenters. The van der Waals surface area contributed by atoms with E-state index in [4.69, 9.17) is 37.0 Å². The summed E-state index contributed by atoms with van der Waals surface area (Å²) >= 11 is 0. The number of rotatable bonds is 67. The topological polar surface area (TPSA) is 237 Å². The van der Waals surface area contributed by atoms with Gasteiger partial charge in [-0.05, 0) is 43.4 Å². The summed E-state index contributed by atoms with van der Waals surface area (Å²) in [6.07, 6.45) is 43.2. The Hall–Kier alpha value is -1.94. The minimum Gasteiger partial charge on any atom is -0.462 e. The Bertz CT molecular complexity index is 1740. The molecule has 4 unspecified atom stereocenters. The van der Waals surface area contributed by atoms with E-state index < -0.39 is 97.5 Å². The van der Waals surface area contributed by atoms with Crippen molar-refractivity contribution >= 4 is 39.5 Å². The van der Waals surface area contributed by atoms with Crippen LogP contribution in [0.5, 0.6) is 0 Å². The van der Waals surface area contributed by atoms with Gasteiger partial charge in [-0.3, -0.25) is 37.3 Å². The molecule has 0 rings (SSSR count). The number of esters is 4. The molecule has 0 aliphatic rings. The van der Waals surface area contributed by atoms with Crippen molar-refractivity contribution in [2.75, 3.05) is 39.6 Å². The molecule has 0 radical (unpaired) electrons. The van der Waals surface area contributed by atoms with Gasteiger partial charge < -0.3 is 33.8 Å². The molecule has 0 aromatic rings. The molecule has 0 aromatic heterocycles. The molecule has 0 spiro atoms. The van der Waals surface area contributed by atoms with Gasteiger partial charge in [0.05, 0.1) is 26.4 Å². The Morgan fingerprint density at radius 2 is 0.580 bits per heavy atom. The van der Waals surface area contributed by atoms with Crippen molar-refractivity contribution in [3.63, 3.8) is 0 Å².